The molecule has 19 heavy (non-hydrogen) atoms. The zero-order valence-corrected chi connectivity index (χ0v) is 10.5. The zero-order valence-electron chi connectivity index (χ0n) is 9.77. The van der Waals surface area contributed by atoms with Crippen molar-refractivity contribution in [1.82, 2.24) is 5.32 Å². The molecule has 1 aromatic carbocycles. The smallest absolute Gasteiger partial charge is 0.335 e. The van der Waals surface area contributed by atoms with E-state index >= 15 is 0 Å². The number of benzene rings is 1. The van der Waals surface area contributed by atoms with Crippen molar-refractivity contribution in [2.24, 2.45) is 5.92 Å². The lowest BCUT2D eigenvalue weighted by Crippen LogP contribution is -2.24. The van der Waals surface area contributed by atoms with Gasteiger partial charge in [-0.3, -0.25) is 9.59 Å². The van der Waals surface area contributed by atoms with Gasteiger partial charge >= 0.3 is 5.97 Å². The van der Waals surface area contributed by atoms with Gasteiger partial charge in [0.15, 0.2) is 0 Å². The minimum Gasteiger partial charge on any atom is -0.478 e. The number of hydrogen-bond acceptors (Lipinski definition) is 3. The van der Waals surface area contributed by atoms with E-state index in [4.69, 9.17) is 16.7 Å². The lowest BCUT2D eigenvalue weighted by atomic mass is 10.1. The maximum Gasteiger partial charge on any atom is 0.335 e. The van der Waals surface area contributed by atoms with Crippen LogP contribution in [0, 0.1) is 5.92 Å². The van der Waals surface area contributed by atoms with Crippen molar-refractivity contribution in [3.05, 3.63) is 28.8 Å². The summed E-state index contributed by atoms with van der Waals surface area (Å²) in [7, 11) is 0. The molecule has 0 saturated carbocycles. The van der Waals surface area contributed by atoms with Gasteiger partial charge in [0.25, 0.3) is 0 Å². The van der Waals surface area contributed by atoms with E-state index in [9.17, 15) is 14.4 Å². The first-order chi connectivity index (χ1) is 8.97. The molecule has 1 heterocycles. The Morgan fingerprint density at radius 3 is 2.68 bits per heavy atom. The van der Waals surface area contributed by atoms with Crippen LogP contribution in [0.25, 0.3) is 0 Å². The summed E-state index contributed by atoms with van der Waals surface area (Å²) >= 11 is 5.89. The van der Waals surface area contributed by atoms with Gasteiger partial charge in [-0.05, 0) is 18.2 Å². The molecule has 1 aliphatic heterocycles. The van der Waals surface area contributed by atoms with Gasteiger partial charge in [-0.1, -0.05) is 11.6 Å². The summed E-state index contributed by atoms with van der Waals surface area (Å²) in [6.45, 7) is 0.301. The third-order valence-corrected chi connectivity index (χ3v) is 3.13. The van der Waals surface area contributed by atoms with Gasteiger partial charge in [-0.15, -0.1) is 0 Å². The Labute approximate surface area is 113 Å². The number of halogens is 1. The Morgan fingerprint density at radius 2 is 2.16 bits per heavy atom. The maximum atomic E-state index is 11.9. The fourth-order valence-electron chi connectivity index (χ4n) is 1.77. The molecular formula is C12H11ClN2O4. The van der Waals surface area contributed by atoms with Crippen molar-refractivity contribution in [2.75, 3.05) is 11.9 Å². The van der Waals surface area contributed by atoms with Crippen molar-refractivity contribution < 1.29 is 19.5 Å². The highest BCUT2D eigenvalue weighted by Gasteiger charge is 2.28. The predicted molar refractivity (Wildman–Crippen MR) is 68.2 cm³/mol. The highest BCUT2D eigenvalue weighted by molar-refractivity contribution is 6.34. The van der Waals surface area contributed by atoms with Crippen molar-refractivity contribution in [3.63, 3.8) is 0 Å². The molecule has 0 aromatic heterocycles. The van der Waals surface area contributed by atoms with Gasteiger partial charge < -0.3 is 15.7 Å². The third-order valence-electron chi connectivity index (χ3n) is 2.82. The van der Waals surface area contributed by atoms with Gasteiger partial charge in [0.1, 0.15) is 0 Å². The Kier molecular flexibility index (Phi) is 3.71. The van der Waals surface area contributed by atoms with Crippen LogP contribution in [-0.4, -0.2) is 29.4 Å². The van der Waals surface area contributed by atoms with E-state index in [1.165, 1.54) is 18.2 Å². The summed E-state index contributed by atoms with van der Waals surface area (Å²) in [4.78, 5) is 33.6. The molecule has 0 radical (unpaired) electrons. The van der Waals surface area contributed by atoms with Crippen molar-refractivity contribution in [3.8, 4) is 0 Å². The number of carbonyl (C=O) groups is 3. The van der Waals surface area contributed by atoms with Gasteiger partial charge in [0.05, 0.1) is 22.2 Å². The molecule has 0 bridgehead atoms. The third kappa shape index (κ3) is 3.03. The average Bonchev–Trinajstić information content (AvgIpc) is 2.78. The van der Waals surface area contributed by atoms with Crippen LogP contribution in [0.2, 0.25) is 5.02 Å². The number of carbonyl (C=O) groups excluding carboxylic acids is 2. The molecule has 2 amide bonds. The normalized spacial score (nSPS) is 17.9. The summed E-state index contributed by atoms with van der Waals surface area (Å²) < 4.78 is 0. The van der Waals surface area contributed by atoms with Crippen molar-refractivity contribution >= 4 is 35.1 Å². The van der Waals surface area contributed by atoms with Gasteiger partial charge in [-0.2, -0.15) is 0 Å². The molecule has 6 nitrogen and oxygen atoms in total. The lowest BCUT2D eigenvalue weighted by molar-refractivity contribution is -0.123. The molecular weight excluding hydrogens is 272 g/mol. The Bertz CT molecular complexity index is 559. The number of anilines is 1. The summed E-state index contributed by atoms with van der Waals surface area (Å²) in [5.74, 6) is -2.00. The summed E-state index contributed by atoms with van der Waals surface area (Å²) in [6.07, 6.45) is 0.149. The predicted octanol–water partition coefficient (Wildman–Crippen LogP) is 1.11. The molecule has 0 spiro atoms. The number of carboxylic acid groups (broad SMARTS) is 1. The van der Waals surface area contributed by atoms with Crippen LogP contribution in [0.1, 0.15) is 16.8 Å². The summed E-state index contributed by atoms with van der Waals surface area (Å²) in [5, 5.41) is 14.1. The number of amides is 2. The largest absolute Gasteiger partial charge is 0.478 e. The number of aromatic carboxylic acids is 1. The monoisotopic (exact) mass is 282 g/mol. The van der Waals surface area contributed by atoms with Crippen LogP contribution in [0.3, 0.4) is 0 Å². The Balaban J connectivity index is 2.09. The average molecular weight is 283 g/mol. The quantitative estimate of drug-likeness (QED) is 0.774. The second-order valence-corrected chi connectivity index (χ2v) is 4.60. The SMILES string of the molecule is O=C1CC(C(=O)Nc2ccc(C(=O)O)cc2Cl)CN1. The number of carboxylic acids is 1. The lowest BCUT2D eigenvalue weighted by Gasteiger charge is -2.10. The van der Waals surface area contributed by atoms with Crippen LogP contribution >= 0.6 is 11.6 Å². The molecule has 7 heteroatoms. The molecule has 1 fully saturated rings. The molecule has 0 aliphatic carbocycles. The maximum absolute atomic E-state index is 11.9. The molecule has 1 unspecified atom stereocenters. The Hall–Kier alpha value is -2.08. The topological polar surface area (TPSA) is 95.5 Å². The van der Waals surface area contributed by atoms with Crippen molar-refractivity contribution in [2.45, 2.75) is 6.42 Å². The van der Waals surface area contributed by atoms with Crippen molar-refractivity contribution in [1.29, 1.82) is 0 Å². The standard InChI is InChI=1S/C12H11ClN2O4/c13-8-3-6(12(18)19)1-2-9(8)15-11(17)7-4-10(16)14-5-7/h1-3,7H,4-5H2,(H,14,16)(H,15,17)(H,18,19). The van der Waals surface area contributed by atoms with Gasteiger partial charge in [-0.25, -0.2) is 4.79 Å². The van der Waals surface area contributed by atoms with E-state index in [0.29, 0.717) is 12.2 Å². The fraction of sp³-hybridized carbons (Fsp3) is 0.250. The number of rotatable bonds is 3. The van der Waals surface area contributed by atoms with E-state index in [1.54, 1.807) is 0 Å². The van der Waals surface area contributed by atoms with Crippen LogP contribution in [0.15, 0.2) is 18.2 Å². The molecule has 1 saturated heterocycles. The second-order valence-electron chi connectivity index (χ2n) is 4.19. The summed E-state index contributed by atoms with van der Waals surface area (Å²) in [5.41, 5.74) is 0.372. The van der Waals surface area contributed by atoms with Gasteiger partial charge in [0.2, 0.25) is 11.8 Å². The summed E-state index contributed by atoms with van der Waals surface area (Å²) in [6, 6.07) is 4.04. The zero-order chi connectivity index (χ0) is 14.0. The fourth-order valence-corrected chi connectivity index (χ4v) is 2.00. The minimum atomic E-state index is -1.09. The van der Waals surface area contributed by atoms with E-state index in [1.807, 2.05) is 0 Å². The molecule has 1 aromatic rings. The van der Waals surface area contributed by atoms with Crippen LogP contribution in [0.4, 0.5) is 5.69 Å². The van der Waals surface area contributed by atoms with Gasteiger partial charge in [0, 0.05) is 13.0 Å². The second kappa shape index (κ2) is 5.27. The van der Waals surface area contributed by atoms with E-state index < -0.39 is 11.9 Å². The number of nitrogens with one attached hydrogen (secondary N) is 2. The molecule has 1 atom stereocenters. The minimum absolute atomic E-state index is 0.0423. The highest BCUT2D eigenvalue weighted by atomic mass is 35.5. The first kappa shape index (κ1) is 13.4. The van der Waals surface area contributed by atoms with Crippen LogP contribution in [0.5, 0.6) is 0 Å². The van der Waals surface area contributed by atoms with E-state index in [0.717, 1.165) is 0 Å². The Morgan fingerprint density at radius 1 is 1.42 bits per heavy atom. The number of hydrogen-bond donors (Lipinski definition) is 3. The van der Waals surface area contributed by atoms with Crippen LogP contribution < -0.4 is 10.6 Å². The molecule has 3 N–H and O–H groups in total. The van der Waals surface area contributed by atoms with E-state index in [-0.39, 0.29) is 28.8 Å². The van der Waals surface area contributed by atoms with Crippen LogP contribution in [-0.2, 0) is 9.59 Å². The molecule has 1 aliphatic rings. The molecule has 100 valence electrons. The first-order valence-corrected chi connectivity index (χ1v) is 5.95. The highest BCUT2D eigenvalue weighted by Crippen LogP contribution is 2.24. The molecule has 2 rings (SSSR count). The first-order valence-electron chi connectivity index (χ1n) is 5.58. The van der Waals surface area contributed by atoms with E-state index in [2.05, 4.69) is 10.6 Å².